The number of aryl methyl sites for hydroxylation is 1. The first kappa shape index (κ1) is 34.3. The molecule has 0 aliphatic rings. The molecule has 0 saturated heterocycles. The predicted molar refractivity (Wildman–Crippen MR) is 154 cm³/mol. The van der Waals surface area contributed by atoms with Gasteiger partial charge in [-0.3, -0.25) is 19.2 Å². The number of aromatic nitrogens is 4. The van der Waals surface area contributed by atoms with Gasteiger partial charge in [-0.25, -0.2) is 9.07 Å². The van der Waals surface area contributed by atoms with Crippen molar-refractivity contribution in [1.29, 1.82) is 0 Å². The SMILES string of the molecule is CC(=O)OC(C(=O)Nc1ccn(CC[C@H](F)Cn2cc(C(=O)NCc3cccc(OC(F)(F)F)c3)nn2)c(=O)c1F)c1ccccc1. The van der Waals surface area contributed by atoms with Crippen molar-refractivity contribution in [2.45, 2.75) is 51.6 Å². The van der Waals surface area contributed by atoms with Crippen LogP contribution in [0.3, 0.4) is 0 Å². The number of anilines is 1. The van der Waals surface area contributed by atoms with Gasteiger partial charge in [-0.05, 0) is 30.2 Å². The van der Waals surface area contributed by atoms with Crippen molar-refractivity contribution in [3.8, 4) is 5.75 Å². The molecule has 1 unspecified atom stereocenters. The first-order valence-corrected chi connectivity index (χ1v) is 13.9. The van der Waals surface area contributed by atoms with E-state index < -0.39 is 59.2 Å². The van der Waals surface area contributed by atoms with Crippen LogP contribution in [-0.2, 0) is 34.0 Å². The number of hydrogen-bond donors (Lipinski definition) is 2. The molecule has 0 saturated carbocycles. The zero-order valence-electron chi connectivity index (χ0n) is 24.5. The van der Waals surface area contributed by atoms with E-state index in [4.69, 9.17) is 4.74 Å². The Balaban J connectivity index is 1.29. The van der Waals surface area contributed by atoms with E-state index in [9.17, 15) is 41.1 Å². The Hall–Kier alpha value is -5.61. The summed E-state index contributed by atoms with van der Waals surface area (Å²) < 4.78 is 77.8. The van der Waals surface area contributed by atoms with E-state index in [1.807, 2.05) is 0 Å². The number of pyridine rings is 1. The summed E-state index contributed by atoms with van der Waals surface area (Å²) in [6, 6.07) is 14.1. The van der Waals surface area contributed by atoms with Crippen LogP contribution in [-0.4, -0.2) is 49.9 Å². The minimum absolute atomic E-state index is 0.153. The number of amides is 2. The second-order valence-electron chi connectivity index (χ2n) is 10.0. The molecule has 248 valence electrons. The number of hydrogen-bond acceptors (Lipinski definition) is 8. The van der Waals surface area contributed by atoms with E-state index in [0.29, 0.717) is 11.1 Å². The molecule has 4 aromatic rings. The number of carbonyl (C=O) groups is 3. The second kappa shape index (κ2) is 15.1. The molecule has 4 rings (SSSR count). The number of halogens is 5. The Morgan fingerprint density at radius 3 is 2.49 bits per heavy atom. The highest BCUT2D eigenvalue weighted by atomic mass is 19.4. The summed E-state index contributed by atoms with van der Waals surface area (Å²) in [5, 5.41) is 12.1. The van der Waals surface area contributed by atoms with Crippen LogP contribution in [0.1, 0.15) is 41.1 Å². The molecule has 0 spiro atoms. The third-order valence-corrected chi connectivity index (χ3v) is 6.41. The number of benzene rings is 2. The van der Waals surface area contributed by atoms with Crippen molar-refractivity contribution < 1.29 is 45.8 Å². The summed E-state index contributed by atoms with van der Waals surface area (Å²) in [5.74, 6) is -4.12. The molecule has 2 atom stereocenters. The summed E-state index contributed by atoms with van der Waals surface area (Å²) in [4.78, 5) is 49.3. The van der Waals surface area contributed by atoms with Crippen LogP contribution in [0.2, 0.25) is 0 Å². The van der Waals surface area contributed by atoms with Crippen LogP contribution >= 0.6 is 0 Å². The van der Waals surface area contributed by atoms with E-state index in [-0.39, 0.29) is 31.7 Å². The third kappa shape index (κ3) is 9.94. The number of carbonyl (C=O) groups excluding carboxylic acids is 3. The van der Waals surface area contributed by atoms with E-state index in [2.05, 4.69) is 25.7 Å². The van der Waals surface area contributed by atoms with Crippen LogP contribution < -0.4 is 20.9 Å². The molecule has 2 N–H and O–H groups in total. The van der Waals surface area contributed by atoms with Crippen LogP contribution in [0.4, 0.5) is 27.6 Å². The fourth-order valence-electron chi connectivity index (χ4n) is 4.27. The number of nitrogens with zero attached hydrogens (tertiary/aromatic N) is 4. The fraction of sp³-hybridized carbons (Fsp3) is 0.267. The Morgan fingerprint density at radius 2 is 1.79 bits per heavy atom. The highest BCUT2D eigenvalue weighted by Gasteiger charge is 2.31. The van der Waals surface area contributed by atoms with Crippen molar-refractivity contribution in [2.24, 2.45) is 0 Å². The molecule has 2 heterocycles. The van der Waals surface area contributed by atoms with Crippen LogP contribution in [0.15, 0.2) is 77.9 Å². The van der Waals surface area contributed by atoms with Gasteiger partial charge in [-0.2, -0.15) is 4.39 Å². The quantitative estimate of drug-likeness (QED) is 0.161. The van der Waals surface area contributed by atoms with E-state index >= 15 is 0 Å². The lowest BCUT2D eigenvalue weighted by atomic mass is 10.1. The molecule has 2 aromatic heterocycles. The Morgan fingerprint density at radius 1 is 1.04 bits per heavy atom. The molecule has 12 nitrogen and oxygen atoms in total. The highest BCUT2D eigenvalue weighted by molar-refractivity contribution is 5.96. The molecular formula is C30H27F5N6O6. The molecule has 2 amide bonds. The number of esters is 1. The lowest BCUT2D eigenvalue weighted by molar-refractivity contribution is -0.274. The van der Waals surface area contributed by atoms with Gasteiger partial charge in [0.15, 0.2) is 5.69 Å². The largest absolute Gasteiger partial charge is 0.573 e. The summed E-state index contributed by atoms with van der Waals surface area (Å²) in [7, 11) is 0. The summed E-state index contributed by atoms with van der Waals surface area (Å²) in [6.07, 6.45) is -5.80. The normalized spacial score (nSPS) is 12.6. The molecule has 17 heteroatoms. The summed E-state index contributed by atoms with van der Waals surface area (Å²) in [6.45, 7) is 0.346. The van der Waals surface area contributed by atoms with Gasteiger partial charge < -0.3 is 24.7 Å². The van der Waals surface area contributed by atoms with Gasteiger partial charge in [0.05, 0.1) is 18.4 Å². The summed E-state index contributed by atoms with van der Waals surface area (Å²) in [5.41, 5.74) is -1.13. The molecule has 0 aliphatic carbocycles. The van der Waals surface area contributed by atoms with Crippen molar-refractivity contribution in [2.75, 3.05) is 5.32 Å². The van der Waals surface area contributed by atoms with E-state index in [0.717, 1.165) is 40.6 Å². The number of rotatable bonds is 13. The van der Waals surface area contributed by atoms with Gasteiger partial charge in [0.1, 0.15) is 11.9 Å². The Labute approximate surface area is 263 Å². The molecule has 0 aliphatic heterocycles. The van der Waals surface area contributed by atoms with E-state index in [1.54, 1.807) is 18.2 Å². The van der Waals surface area contributed by atoms with Gasteiger partial charge in [0.25, 0.3) is 17.4 Å². The van der Waals surface area contributed by atoms with Gasteiger partial charge in [0.2, 0.25) is 11.9 Å². The van der Waals surface area contributed by atoms with Crippen molar-refractivity contribution in [1.82, 2.24) is 24.9 Å². The maximum atomic E-state index is 14.9. The smallest absolute Gasteiger partial charge is 0.447 e. The lowest BCUT2D eigenvalue weighted by Gasteiger charge is -2.17. The fourth-order valence-corrected chi connectivity index (χ4v) is 4.27. The summed E-state index contributed by atoms with van der Waals surface area (Å²) >= 11 is 0. The third-order valence-electron chi connectivity index (χ3n) is 6.41. The van der Waals surface area contributed by atoms with Crippen molar-refractivity contribution in [3.05, 3.63) is 106 Å². The second-order valence-corrected chi connectivity index (χ2v) is 10.0. The molecular weight excluding hydrogens is 635 g/mol. The Kier molecular flexibility index (Phi) is 11.0. The van der Waals surface area contributed by atoms with Gasteiger partial charge in [-0.1, -0.05) is 47.7 Å². The molecule has 2 aromatic carbocycles. The zero-order chi connectivity index (χ0) is 34.1. The monoisotopic (exact) mass is 662 g/mol. The zero-order valence-corrected chi connectivity index (χ0v) is 24.5. The maximum Gasteiger partial charge on any atom is 0.573 e. The first-order valence-electron chi connectivity index (χ1n) is 13.9. The molecule has 0 radical (unpaired) electrons. The minimum Gasteiger partial charge on any atom is -0.447 e. The van der Waals surface area contributed by atoms with Crippen LogP contribution in [0.25, 0.3) is 0 Å². The molecule has 0 fully saturated rings. The number of alkyl halides is 4. The first-order chi connectivity index (χ1) is 22.3. The average molecular weight is 663 g/mol. The molecule has 47 heavy (non-hydrogen) atoms. The average Bonchev–Trinajstić information content (AvgIpc) is 3.48. The Bertz CT molecular complexity index is 1780. The van der Waals surface area contributed by atoms with Crippen LogP contribution in [0, 0.1) is 5.82 Å². The van der Waals surface area contributed by atoms with Crippen molar-refractivity contribution >= 4 is 23.5 Å². The predicted octanol–water partition coefficient (Wildman–Crippen LogP) is 4.08. The topological polar surface area (TPSA) is 146 Å². The minimum atomic E-state index is -4.87. The maximum absolute atomic E-state index is 14.9. The standard InChI is InChI=1S/C30H27F5N6O6/c1-18(42)46-26(20-7-3-2-4-8-20)28(44)37-23-11-13-40(29(45)25(23)32)12-10-21(31)16-41-17-24(38-39-41)27(43)36-15-19-6-5-9-22(14-19)47-30(33,34)35/h2-9,11,13-14,17,21,26H,10,12,15-16H2,1H3,(H,36,43)(H,37,44)/t21-,26?/m0/s1. The van der Waals surface area contributed by atoms with E-state index in [1.165, 1.54) is 30.5 Å². The van der Waals surface area contributed by atoms with Crippen molar-refractivity contribution in [3.63, 3.8) is 0 Å². The van der Waals surface area contributed by atoms with Gasteiger partial charge in [0, 0.05) is 31.8 Å². The molecule has 0 bridgehead atoms. The highest BCUT2D eigenvalue weighted by Crippen LogP contribution is 2.24. The lowest BCUT2D eigenvalue weighted by Crippen LogP contribution is -2.29. The van der Waals surface area contributed by atoms with Gasteiger partial charge >= 0.3 is 12.3 Å². The number of nitrogens with one attached hydrogen (secondary N) is 2. The number of ether oxygens (including phenoxy) is 2. The van der Waals surface area contributed by atoms with Gasteiger partial charge in [-0.15, -0.1) is 18.3 Å². The van der Waals surface area contributed by atoms with Crippen LogP contribution in [0.5, 0.6) is 5.75 Å².